The molecule has 1 aliphatic rings. The Kier molecular flexibility index (Phi) is 6.69. The van der Waals surface area contributed by atoms with E-state index >= 15 is 0 Å². The second-order valence-electron chi connectivity index (χ2n) is 7.70. The second kappa shape index (κ2) is 9.19. The van der Waals surface area contributed by atoms with Crippen molar-refractivity contribution < 1.29 is 0 Å². The molecule has 2 aromatic rings. The third-order valence-corrected chi connectivity index (χ3v) is 5.47. The van der Waals surface area contributed by atoms with E-state index in [0.29, 0.717) is 5.92 Å². The summed E-state index contributed by atoms with van der Waals surface area (Å²) >= 11 is 0. The fourth-order valence-corrected chi connectivity index (χ4v) is 4.11. The number of hydrogen-bond donors (Lipinski definition) is 0. The summed E-state index contributed by atoms with van der Waals surface area (Å²) in [5.74, 6) is 1.73. The quantitative estimate of drug-likeness (QED) is 0.683. The fourth-order valence-electron chi connectivity index (χ4n) is 4.11. The molecular weight excluding hydrogens is 306 g/mol. The third-order valence-electron chi connectivity index (χ3n) is 5.47. The Labute approximate surface area is 153 Å². The van der Waals surface area contributed by atoms with Crippen molar-refractivity contribution in [3.05, 3.63) is 54.1 Å². The monoisotopic (exact) mass is 339 g/mol. The standard InChI is InChI=1S/C22H33N3/c1-19(2)22-23-14-18-25(22)17-13-21-12-6-7-15-24(21)16-8-11-20-9-4-3-5-10-20/h3-5,9-10,14,18-19,21H,6-8,11-13,15-17H2,1-2H3. The number of likely N-dealkylation sites (tertiary alicyclic amines) is 1. The maximum Gasteiger partial charge on any atom is 0.111 e. The van der Waals surface area contributed by atoms with Crippen LogP contribution in [0.15, 0.2) is 42.7 Å². The lowest BCUT2D eigenvalue weighted by atomic mass is 9.98. The van der Waals surface area contributed by atoms with Crippen LogP contribution in [0.3, 0.4) is 0 Å². The highest BCUT2D eigenvalue weighted by atomic mass is 15.2. The van der Waals surface area contributed by atoms with Crippen LogP contribution in [-0.4, -0.2) is 33.6 Å². The topological polar surface area (TPSA) is 21.1 Å². The smallest absolute Gasteiger partial charge is 0.111 e. The minimum absolute atomic E-state index is 0.503. The molecular formula is C22H33N3. The SMILES string of the molecule is CC(C)c1nccn1CCC1CCCCN1CCCc1ccccc1. The first-order valence-electron chi connectivity index (χ1n) is 10.0. The molecule has 0 N–H and O–H groups in total. The minimum atomic E-state index is 0.503. The van der Waals surface area contributed by atoms with Crippen molar-refractivity contribution in [1.29, 1.82) is 0 Å². The van der Waals surface area contributed by atoms with E-state index in [1.165, 1.54) is 63.0 Å². The maximum atomic E-state index is 4.53. The van der Waals surface area contributed by atoms with Crippen molar-refractivity contribution in [2.45, 2.75) is 70.9 Å². The molecule has 136 valence electrons. The minimum Gasteiger partial charge on any atom is -0.335 e. The molecule has 0 bridgehead atoms. The summed E-state index contributed by atoms with van der Waals surface area (Å²) in [6.45, 7) is 8.08. The zero-order chi connectivity index (χ0) is 17.5. The van der Waals surface area contributed by atoms with E-state index in [-0.39, 0.29) is 0 Å². The number of rotatable bonds is 8. The Balaban J connectivity index is 1.49. The third kappa shape index (κ3) is 5.18. The average Bonchev–Trinajstić information content (AvgIpc) is 3.11. The molecule has 3 nitrogen and oxygen atoms in total. The first kappa shape index (κ1) is 18.2. The zero-order valence-electron chi connectivity index (χ0n) is 15.9. The van der Waals surface area contributed by atoms with Crippen LogP contribution >= 0.6 is 0 Å². The molecule has 0 amide bonds. The molecule has 0 spiro atoms. The molecule has 3 heteroatoms. The van der Waals surface area contributed by atoms with Crippen molar-refractivity contribution >= 4 is 0 Å². The van der Waals surface area contributed by atoms with E-state index in [1.807, 2.05) is 6.20 Å². The normalized spacial score (nSPS) is 18.8. The summed E-state index contributed by atoms with van der Waals surface area (Å²) in [6.07, 6.45) is 11.9. The van der Waals surface area contributed by atoms with Gasteiger partial charge in [-0.05, 0) is 50.8 Å². The first-order valence-corrected chi connectivity index (χ1v) is 10.0. The number of nitrogens with zero attached hydrogens (tertiary/aromatic N) is 3. The van der Waals surface area contributed by atoms with Gasteiger partial charge >= 0.3 is 0 Å². The van der Waals surface area contributed by atoms with E-state index in [2.05, 4.69) is 64.8 Å². The van der Waals surface area contributed by atoms with Crippen LogP contribution in [-0.2, 0) is 13.0 Å². The second-order valence-corrected chi connectivity index (χ2v) is 7.70. The summed E-state index contributed by atoms with van der Waals surface area (Å²) in [5.41, 5.74) is 1.47. The van der Waals surface area contributed by atoms with Gasteiger partial charge in [0, 0.05) is 30.9 Å². The molecule has 1 saturated heterocycles. The summed E-state index contributed by atoms with van der Waals surface area (Å²) in [7, 11) is 0. The highest BCUT2D eigenvalue weighted by Crippen LogP contribution is 2.22. The molecule has 0 radical (unpaired) electrons. The molecule has 3 rings (SSSR count). The van der Waals surface area contributed by atoms with Crippen LogP contribution in [0.1, 0.15) is 63.3 Å². The zero-order valence-corrected chi connectivity index (χ0v) is 15.9. The van der Waals surface area contributed by atoms with Gasteiger partial charge < -0.3 is 9.47 Å². The highest BCUT2D eigenvalue weighted by Gasteiger charge is 2.22. The van der Waals surface area contributed by atoms with Crippen molar-refractivity contribution in [2.75, 3.05) is 13.1 Å². The predicted molar refractivity (Wildman–Crippen MR) is 105 cm³/mol. The molecule has 1 unspecified atom stereocenters. The summed E-state index contributed by atoms with van der Waals surface area (Å²) in [5, 5.41) is 0. The van der Waals surface area contributed by atoms with Crippen LogP contribution in [0, 0.1) is 0 Å². The van der Waals surface area contributed by atoms with Gasteiger partial charge in [-0.2, -0.15) is 0 Å². The molecule has 2 heterocycles. The summed E-state index contributed by atoms with van der Waals surface area (Å²) in [6, 6.07) is 11.6. The lowest BCUT2D eigenvalue weighted by molar-refractivity contribution is 0.134. The van der Waals surface area contributed by atoms with E-state index in [4.69, 9.17) is 0 Å². The van der Waals surface area contributed by atoms with Gasteiger partial charge in [0.05, 0.1) is 0 Å². The maximum absolute atomic E-state index is 4.53. The largest absolute Gasteiger partial charge is 0.335 e. The average molecular weight is 340 g/mol. The Morgan fingerprint density at radius 2 is 1.96 bits per heavy atom. The number of piperidine rings is 1. The molecule has 0 aliphatic carbocycles. The van der Waals surface area contributed by atoms with Crippen LogP contribution < -0.4 is 0 Å². The molecule has 1 atom stereocenters. The molecule has 0 saturated carbocycles. The van der Waals surface area contributed by atoms with Gasteiger partial charge in [-0.3, -0.25) is 0 Å². The molecule has 1 fully saturated rings. The molecule has 1 aromatic heterocycles. The van der Waals surface area contributed by atoms with Gasteiger partial charge in [-0.15, -0.1) is 0 Å². The first-order chi connectivity index (χ1) is 12.2. The predicted octanol–water partition coefficient (Wildman–Crippen LogP) is 4.88. The Morgan fingerprint density at radius 3 is 2.76 bits per heavy atom. The van der Waals surface area contributed by atoms with E-state index in [1.54, 1.807) is 0 Å². The van der Waals surface area contributed by atoms with Crippen molar-refractivity contribution in [3.63, 3.8) is 0 Å². The summed E-state index contributed by atoms with van der Waals surface area (Å²) < 4.78 is 2.36. The molecule has 1 aliphatic heterocycles. The van der Waals surface area contributed by atoms with Gasteiger partial charge in [0.25, 0.3) is 0 Å². The van der Waals surface area contributed by atoms with E-state index < -0.39 is 0 Å². The number of aromatic nitrogens is 2. The van der Waals surface area contributed by atoms with Crippen molar-refractivity contribution in [3.8, 4) is 0 Å². The number of benzene rings is 1. The van der Waals surface area contributed by atoms with Gasteiger partial charge in [-0.1, -0.05) is 50.6 Å². The van der Waals surface area contributed by atoms with Crippen molar-refractivity contribution in [2.24, 2.45) is 0 Å². The van der Waals surface area contributed by atoms with Crippen LogP contribution in [0.5, 0.6) is 0 Å². The Morgan fingerprint density at radius 1 is 1.12 bits per heavy atom. The van der Waals surface area contributed by atoms with Crippen molar-refractivity contribution in [1.82, 2.24) is 14.5 Å². The summed E-state index contributed by atoms with van der Waals surface area (Å²) in [4.78, 5) is 7.28. The molecule has 25 heavy (non-hydrogen) atoms. The Hall–Kier alpha value is -1.61. The highest BCUT2D eigenvalue weighted by molar-refractivity contribution is 5.14. The van der Waals surface area contributed by atoms with E-state index in [0.717, 1.165) is 12.6 Å². The Bertz CT molecular complexity index is 617. The number of imidazole rings is 1. The van der Waals surface area contributed by atoms with Gasteiger partial charge in [-0.25, -0.2) is 4.98 Å². The van der Waals surface area contributed by atoms with Crippen LogP contribution in [0.25, 0.3) is 0 Å². The van der Waals surface area contributed by atoms with Gasteiger partial charge in [0.15, 0.2) is 0 Å². The van der Waals surface area contributed by atoms with Crippen LogP contribution in [0.4, 0.5) is 0 Å². The fraction of sp³-hybridized carbons (Fsp3) is 0.591. The van der Waals surface area contributed by atoms with E-state index in [9.17, 15) is 0 Å². The number of aryl methyl sites for hydroxylation is 2. The molecule has 1 aromatic carbocycles. The lowest BCUT2D eigenvalue weighted by Gasteiger charge is -2.36. The lowest BCUT2D eigenvalue weighted by Crippen LogP contribution is -2.40. The van der Waals surface area contributed by atoms with Crippen LogP contribution in [0.2, 0.25) is 0 Å². The van der Waals surface area contributed by atoms with Gasteiger partial charge in [0.2, 0.25) is 0 Å². The number of hydrogen-bond acceptors (Lipinski definition) is 2. The van der Waals surface area contributed by atoms with Gasteiger partial charge in [0.1, 0.15) is 5.82 Å².